The number of benzene rings is 1. The van der Waals surface area contributed by atoms with Crippen molar-refractivity contribution in [3.8, 4) is 0 Å². The number of aliphatic hydroxyl groups excluding tert-OH is 1. The first kappa shape index (κ1) is 12.5. The molecule has 1 N–H and O–H groups in total. The Labute approximate surface area is 100 Å². The molecule has 1 aromatic carbocycles. The zero-order valence-electron chi connectivity index (χ0n) is 10.2. The number of hydrogen-bond donors (Lipinski definition) is 1. The van der Waals surface area contributed by atoms with Gasteiger partial charge in [-0.05, 0) is 36.8 Å². The van der Waals surface area contributed by atoms with Crippen molar-refractivity contribution in [2.24, 2.45) is 11.8 Å². The first-order valence-corrected chi connectivity index (χ1v) is 6.15. The zero-order chi connectivity index (χ0) is 12.6. The van der Waals surface area contributed by atoms with Crippen LogP contribution in [0.25, 0.3) is 0 Å². The van der Waals surface area contributed by atoms with Crippen molar-refractivity contribution in [3.63, 3.8) is 0 Å². The average molecular weight is 240 g/mol. The van der Waals surface area contributed by atoms with Gasteiger partial charge >= 0.3 is 0 Å². The summed E-state index contributed by atoms with van der Waals surface area (Å²) in [4.78, 5) is 0. The molecule has 0 aliphatic heterocycles. The lowest BCUT2D eigenvalue weighted by Gasteiger charge is -2.23. The summed E-state index contributed by atoms with van der Waals surface area (Å²) in [5.41, 5.74) is 0.231. The third kappa shape index (κ3) is 2.21. The van der Waals surface area contributed by atoms with Crippen LogP contribution in [0.3, 0.4) is 0 Å². The highest BCUT2D eigenvalue weighted by Crippen LogP contribution is 2.41. The molecule has 0 radical (unpaired) electrons. The van der Waals surface area contributed by atoms with Gasteiger partial charge in [-0.25, -0.2) is 8.78 Å². The van der Waals surface area contributed by atoms with Crippen LogP contribution in [-0.2, 0) is 0 Å². The summed E-state index contributed by atoms with van der Waals surface area (Å²) in [6, 6.07) is 2.63. The summed E-state index contributed by atoms with van der Waals surface area (Å²) in [5, 5.41) is 10.2. The fourth-order valence-corrected chi connectivity index (χ4v) is 2.81. The summed E-state index contributed by atoms with van der Waals surface area (Å²) >= 11 is 0. The molecule has 1 fully saturated rings. The van der Waals surface area contributed by atoms with E-state index in [1.165, 1.54) is 12.1 Å². The Bertz CT molecular complexity index is 417. The minimum absolute atomic E-state index is 0.0270. The molecular formula is C14H18F2O. The molecule has 3 unspecified atom stereocenters. The molecule has 3 heteroatoms. The number of aryl methyl sites for hydroxylation is 1. The quantitative estimate of drug-likeness (QED) is 0.834. The Hall–Kier alpha value is -0.960. The lowest BCUT2D eigenvalue weighted by Crippen LogP contribution is -2.18. The molecule has 0 spiro atoms. The average Bonchev–Trinajstić information content (AvgIpc) is 2.70. The topological polar surface area (TPSA) is 20.2 Å². The molecule has 1 nitrogen and oxygen atoms in total. The maximum absolute atomic E-state index is 13.9. The molecule has 0 amide bonds. The van der Waals surface area contributed by atoms with Gasteiger partial charge in [0.15, 0.2) is 0 Å². The van der Waals surface area contributed by atoms with Crippen molar-refractivity contribution in [1.82, 2.24) is 0 Å². The van der Waals surface area contributed by atoms with Gasteiger partial charge in [0, 0.05) is 0 Å². The molecule has 17 heavy (non-hydrogen) atoms. The number of hydrogen-bond acceptors (Lipinski definition) is 1. The van der Waals surface area contributed by atoms with Crippen molar-refractivity contribution in [2.45, 2.75) is 39.2 Å². The third-order valence-corrected chi connectivity index (χ3v) is 3.95. The minimum Gasteiger partial charge on any atom is -0.388 e. The molecular weight excluding hydrogens is 222 g/mol. The van der Waals surface area contributed by atoms with Crippen LogP contribution in [0.5, 0.6) is 0 Å². The Morgan fingerprint density at radius 3 is 2.59 bits per heavy atom. The van der Waals surface area contributed by atoms with Crippen LogP contribution in [0.1, 0.15) is 43.4 Å². The second-order valence-corrected chi connectivity index (χ2v) is 5.11. The van der Waals surface area contributed by atoms with Crippen LogP contribution in [0.4, 0.5) is 8.78 Å². The van der Waals surface area contributed by atoms with Crippen molar-refractivity contribution < 1.29 is 13.9 Å². The lowest BCUT2D eigenvalue weighted by molar-refractivity contribution is 0.0829. The zero-order valence-corrected chi connectivity index (χ0v) is 10.2. The van der Waals surface area contributed by atoms with E-state index in [-0.39, 0.29) is 11.5 Å². The highest BCUT2D eigenvalue weighted by atomic mass is 19.1. The first-order chi connectivity index (χ1) is 8.02. The van der Waals surface area contributed by atoms with Gasteiger partial charge in [0.1, 0.15) is 11.6 Å². The monoisotopic (exact) mass is 240 g/mol. The van der Waals surface area contributed by atoms with Crippen LogP contribution >= 0.6 is 0 Å². The third-order valence-electron chi connectivity index (χ3n) is 3.95. The summed E-state index contributed by atoms with van der Waals surface area (Å²) < 4.78 is 27.6. The van der Waals surface area contributed by atoms with Crippen molar-refractivity contribution in [2.75, 3.05) is 0 Å². The molecule has 94 valence electrons. The normalized spacial score (nSPS) is 26.2. The predicted octanol–water partition coefficient (Wildman–Crippen LogP) is 3.74. The van der Waals surface area contributed by atoms with Crippen LogP contribution in [0.2, 0.25) is 0 Å². The SMILES string of the molecule is Cc1ccc(F)c(C(O)C2CCCC2C)c1F. The number of halogens is 2. The molecule has 1 aromatic rings. The molecule has 1 aliphatic carbocycles. The summed E-state index contributed by atoms with van der Waals surface area (Å²) in [6.45, 7) is 3.62. The smallest absolute Gasteiger partial charge is 0.134 e. The van der Waals surface area contributed by atoms with Gasteiger partial charge in [-0.2, -0.15) is 0 Å². The summed E-state index contributed by atoms with van der Waals surface area (Å²) in [6.07, 6.45) is 1.87. The van der Waals surface area contributed by atoms with Gasteiger partial charge in [0.05, 0.1) is 11.7 Å². The Morgan fingerprint density at radius 1 is 1.29 bits per heavy atom. The molecule has 1 aliphatic rings. The maximum atomic E-state index is 13.9. The van der Waals surface area contributed by atoms with Gasteiger partial charge in [-0.15, -0.1) is 0 Å². The first-order valence-electron chi connectivity index (χ1n) is 6.15. The molecule has 1 saturated carbocycles. The van der Waals surface area contributed by atoms with E-state index in [0.717, 1.165) is 19.3 Å². The predicted molar refractivity (Wildman–Crippen MR) is 62.6 cm³/mol. The van der Waals surface area contributed by atoms with E-state index < -0.39 is 17.7 Å². The van der Waals surface area contributed by atoms with Crippen molar-refractivity contribution in [3.05, 3.63) is 34.9 Å². The Kier molecular flexibility index (Phi) is 3.48. The molecule has 2 rings (SSSR count). The van der Waals surface area contributed by atoms with E-state index in [0.29, 0.717) is 11.5 Å². The second-order valence-electron chi connectivity index (χ2n) is 5.11. The highest BCUT2D eigenvalue weighted by Gasteiger charge is 2.33. The molecule has 0 bridgehead atoms. The Balaban J connectivity index is 2.36. The lowest BCUT2D eigenvalue weighted by atomic mass is 9.87. The van der Waals surface area contributed by atoms with E-state index in [4.69, 9.17) is 0 Å². The fourth-order valence-electron chi connectivity index (χ4n) is 2.81. The fraction of sp³-hybridized carbons (Fsp3) is 0.571. The van der Waals surface area contributed by atoms with Crippen LogP contribution in [0, 0.1) is 30.4 Å². The van der Waals surface area contributed by atoms with Crippen LogP contribution < -0.4 is 0 Å². The van der Waals surface area contributed by atoms with E-state index in [1.807, 2.05) is 6.92 Å². The van der Waals surface area contributed by atoms with Gasteiger partial charge in [-0.1, -0.05) is 25.8 Å². The van der Waals surface area contributed by atoms with Crippen molar-refractivity contribution in [1.29, 1.82) is 0 Å². The summed E-state index contributed by atoms with van der Waals surface area (Å²) in [5.74, 6) is -0.943. The standard InChI is InChI=1S/C14H18F2O/c1-8-4-3-5-10(8)14(17)12-11(15)7-6-9(2)13(12)16/h6-8,10,14,17H,3-5H2,1-2H3. The van der Waals surface area contributed by atoms with Gasteiger partial charge in [0.2, 0.25) is 0 Å². The highest BCUT2D eigenvalue weighted by molar-refractivity contribution is 5.29. The van der Waals surface area contributed by atoms with E-state index in [2.05, 4.69) is 0 Å². The molecule has 0 heterocycles. The molecule has 3 atom stereocenters. The number of aliphatic hydroxyl groups is 1. The van der Waals surface area contributed by atoms with Gasteiger partial charge in [-0.3, -0.25) is 0 Å². The van der Waals surface area contributed by atoms with E-state index in [1.54, 1.807) is 6.92 Å². The van der Waals surface area contributed by atoms with Crippen molar-refractivity contribution >= 4 is 0 Å². The van der Waals surface area contributed by atoms with E-state index in [9.17, 15) is 13.9 Å². The van der Waals surface area contributed by atoms with Gasteiger partial charge in [0.25, 0.3) is 0 Å². The largest absolute Gasteiger partial charge is 0.388 e. The molecule has 0 aromatic heterocycles. The number of rotatable bonds is 2. The maximum Gasteiger partial charge on any atom is 0.134 e. The van der Waals surface area contributed by atoms with E-state index >= 15 is 0 Å². The second kappa shape index (κ2) is 4.73. The van der Waals surface area contributed by atoms with Crippen LogP contribution in [0.15, 0.2) is 12.1 Å². The molecule has 0 saturated heterocycles. The summed E-state index contributed by atoms with van der Waals surface area (Å²) in [7, 11) is 0. The minimum atomic E-state index is -1.02. The van der Waals surface area contributed by atoms with Gasteiger partial charge < -0.3 is 5.11 Å². The van der Waals surface area contributed by atoms with Crippen LogP contribution in [-0.4, -0.2) is 5.11 Å². The Morgan fingerprint density at radius 2 is 2.00 bits per heavy atom.